The molecule has 0 unspecified atom stereocenters. The van der Waals surface area contributed by atoms with Crippen LogP contribution in [0.25, 0.3) is 11.4 Å². The molecule has 0 saturated heterocycles. The Morgan fingerprint density at radius 3 is 2.72 bits per heavy atom. The van der Waals surface area contributed by atoms with Gasteiger partial charge < -0.3 is 5.32 Å². The summed E-state index contributed by atoms with van der Waals surface area (Å²) in [4.78, 5) is 9.11. The highest BCUT2D eigenvalue weighted by Crippen LogP contribution is 2.21. The summed E-state index contributed by atoms with van der Waals surface area (Å²) in [5.41, 5.74) is 4.18. The third-order valence-electron chi connectivity index (χ3n) is 3.24. The summed E-state index contributed by atoms with van der Waals surface area (Å²) in [7, 11) is 0. The third-order valence-corrected chi connectivity index (χ3v) is 3.24. The summed E-state index contributed by atoms with van der Waals surface area (Å²) < 4.78 is 12.9. The van der Waals surface area contributed by atoms with Gasteiger partial charge in [-0.3, -0.25) is 0 Å². The van der Waals surface area contributed by atoms with Crippen molar-refractivity contribution in [3.8, 4) is 11.4 Å². The van der Waals surface area contributed by atoms with Crippen molar-refractivity contribution in [2.24, 2.45) is 0 Å². The first kappa shape index (κ1) is 11.3. The van der Waals surface area contributed by atoms with Crippen molar-refractivity contribution in [2.45, 2.75) is 19.9 Å². The third kappa shape index (κ3) is 1.99. The van der Waals surface area contributed by atoms with E-state index < -0.39 is 0 Å². The number of rotatable bonds is 1. The van der Waals surface area contributed by atoms with Crippen molar-refractivity contribution in [1.82, 2.24) is 15.3 Å². The monoisotopic (exact) mass is 243 g/mol. The number of fused-ring (bicyclic) bond motifs is 1. The molecule has 0 saturated carbocycles. The molecule has 0 bridgehead atoms. The van der Waals surface area contributed by atoms with Crippen LogP contribution in [0.15, 0.2) is 24.3 Å². The van der Waals surface area contributed by atoms with Crippen molar-refractivity contribution in [3.63, 3.8) is 0 Å². The quantitative estimate of drug-likeness (QED) is 0.834. The molecule has 3 nitrogen and oxygen atoms in total. The highest BCUT2D eigenvalue weighted by Gasteiger charge is 2.15. The first-order chi connectivity index (χ1) is 8.74. The maximum absolute atomic E-state index is 12.9. The number of aryl methyl sites for hydroxylation is 1. The van der Waals surface area contributed by atoms with Gasteiger partial charge in [0.15, 0.2) is 5.82 Å². The van der Waals surface area contributed by atoms with Crippen LogP contribution in [-0.4, -0.2) is 16.5 Å². The van der Waals surface area contributed by atoms with E-state index in [1.807, 2.05) is 6.92 Å². The Morgan fingerprint density at radius 2 is 1.94 bits per heavy atom. The van der Waals surface area contributed by atoms with Gasteiger partial charge in [0.05, 0.1) is 5.69 Å². The normalized spacial score (nSPS) is 14.3. The second kappa shape index (κ2) is 4.46. The zero-order valence-corrected chi connectivity index (χ0v) is 10.2. The molecule has 0 spiro atoms. The Bertz CT molecular complexity index is 578. The average molecular weight is 243 g/mol. The van der Waals surface area contributed by atoms with E-state index in [1.165, 1.54) is 17.7 Å². The van der Waals surface area contributed by atoms with Crippen LogP contribution in [0, 0.1) is 12.7 Å². The van der Waals surface area contributed by atoms with Crippen LogP contribution in [0.1, 0.15) is 17.0 Å². The van der Waals surface area contributed by atoms with Crippen LogP contribution >= 0.6 is 0 Å². The molecule has 18 heavy (non-hydrogen) atoms. The molecule has 2 heterocycles. The van der Waals surface area contributed by atoms with Gasteiger partial charge in [-0.25, -0.2) is 14.4 Å². The predicted octanol–water partition coefficient (Wildman–Crippen LogP) is 2.24. The van der Waals surface area contributed by atoms with Crippen molar-refractivity contribution < 1.29 is 4.39 Å². The Kier molecular flexibility index (Phi) is 2.80. The van der Waals surface area contributed by atoms with Gasteiger partial charge in [-0.15, -0.1) is 0 Å². The topological polar surface area (TPSA) is 37.8 Å². The predicted molar refractivity (Wildman–Crippen MR) is 67.6 cm³/mol. The maximum Gasteiger partial charge on any atom is 0.159 e. The smallest absolute Gasteiger partial charge is 0.159 e. The number of nitrogens with one attached hydrogen (secondary N) is 1. The van der Waals surface area contributed by atoms with Crippen LogP contribution in [-0.2, 0) is 13.0 Å². The van der Waals surface area contributed by atoms with Gasteiger partial charge in [-0.2, -0.15) is 0 Å². The SMILES string of the molecule is Cc1nc(-c2ccc(F)cc2)nc2c1CNCC2. The first-order valence-corrected chi connectivity index (χ1v) is 6.07. The molecule has 1 aromatic carbocycles. The first-order valence-electron chi connectivity index (χ1n) is 6.07. The van der Waals surface area contributed by atoms with Crippen LogP contribution in [0.2, 0.25) is 0 Å². The van der Waals surface area contributed by atoms with Crippen molar-refractivity contribution in [2.75, 3.05) is 6.54 Å². The lowest BCUT2D eigenvalue weighted by atomic mass is 10.1. The van der Waals surface area contributed by atoms with Crippen LogP contribution < -0.4 is 5.32 Å². The van der Waals surface area contributed by atoms with E-state index in [-0.39, 0.29) is 5.82 Å². The summed E-state index contributed by atoms with van der Waals surface area (Å²) in [6.07, 6.45) is 0.924. The van der Waals surface area contributed by atoms with Gasteiger partial charge >= 0.3 is 0 Å². The van der Waals surface area contributed by atoms with Gasteiger partial charge in [-0.1, -0.05) is 0 Å². The average Bonchev–Trinajstić information content (AvgIpc) is 2.39. The molecule has 1 aliphatic heterocycles. The minimum atomic E-state index is -0.238. The van der Waals surface area contributed by atoms with Crippen LogP contribution in [0.5, 0.6) is 0 Å². The summed E-state index contributed by atoms with van der Waals surface area (Å²) >= 11 is 0. The maximum atomic E-state index is 12.9. The molecule has 1 N–H and O–H groups in total. The lowest BCUT2D eigenvalue weighted by Gasteiger charge is -2.18. The van der Waals surface area contributed by atoms with E-state index in [0.717, 1.165) is 36.5 Å². The summed E-state index contributed by atoms with van der Waals surface area (Å²) in [6, 6.07) is 6.32. The van der Waals surface area contributed by atoms with Gasteiger partial charge in [0.2, 0.25) is 0 Å². The molecule has 4 heteroatoms. The zero-order chi connectivity index (χ0) is 12.5. The van der Waals surface area contributed by atoms with E-state index in [9.17, 15) is 4.39 Å². The highest BCUT2D eigenvalue weighted by atomic mass is 19.1. The molecule has 1 aromatic heterocycles. The number of hydrogen-bond acceptors (Lipinski definition) is 3. The molecule has 2 aromatic rings. The number of benzene rings is 1. The van der Waals surface area contributed by atoms with E-state index in [2.05, 4.69) is 15.3 Å². The van der Waals surface area contributed by atoms with Gasteiger partial charge in [0, 0.05) is 36.3 Å². The van der Waals surface area contributed by atoms with Crippen molar-refractivity contribution in [1.29, 1.82) is 0 Å². The molecular formula is C14H14FN3. The molecule has 0 aliphatic carbocycles. The fraction of sp³-hybridized carbons (Fsp3) is 0.286. The largest absolute Gasteiger partial charge is 0.312 e. The number of aromatic nitrogens is 2. The van der Waals surface area contributed by atoms with Crippen LogP contribution in [0.4, 0.5) is 4.39 Å². The molecular weight excluding hydrogens is 229 g/mol. The Morgan fingerprint density at radius 1 is 1.17 bits per heavy atom. The summed E-state index contributed by atoms with van der Waals surface area (Å²) in [6.45, 7) is 3.79. The van der Waals surface area contributed by atoms with E-state index in [1.54, 1.807) is 12.1 Å². The second-order valence-corrected chi connectivity index (χ2v) is 4.49. The zero-order valence-electron chi connectivity index (χ0n) is 10.2. The molecule has 0 fully saturated rings. The molecule has 0 atom stereocenters. The van der Waals surface area contributed by atoms with E-state index in [0.29, 0.717) is 5.82 Å². The number of nitrogens with zero attached hydrogens (tertiary/aromatic N) is 2. The fourth-order valence-corrected chi connectivity index (χ4v) is 2.24. The summed E-state index contributed by atoms with van der Waals surface area (Å²) in [5, 5.41) is 3.32. The van der Waals surface area contributed by atoms with Gasteiger partial charge in [0.1, 0.15) is 5.82 Å². The fourth-order valence-electron chi connectivity index (χ4n) is 2.24. The number of halogens is 1. The van der Waals surface area contributed by atoms with Crippen LogP contribution in [0.3, 0.4) is 0 Å². The second-order valence-electron chi connectivity index (χ2n) is 4.49. The van der Waals surface area contributed by atoms with E-state index >= 15 is 0 Å². The standard InChI is InChI=1S/C14H14FN3/c1-9-12-8-16-7-6-13(12)18-14(17-9)10-2-4-11(15)5-3-10/h2-5,16H,6-8H2,1H3. The van der Waals surface area contributed by atoms with E-state index in [4.69, 9.17) is 0 Å². The highest BCUT2D eigenvalue weighted by molar-refractivity contribution is 5.55. The Hall–Kier alpha value is -1.81. The molecule has 0 amide bonds. The Labute approximate surface area is 105 Å². The molecule has 0 radical (unpaired) electrons. The van der Waals surface area contributed by atoms with Crippen molar-refractivity contribution in [3.05, 3.63) is 47.0 Å². The molecule has 3 rings (SSSR count). The summed E-state index contributed by atoms with van der Waals surface area (Å²) in [5.74, 6) is 0.450. The van der Waals surface area contributed by atoms with Crippen molar-refractivity contribution >= 4 is 0 Å². The Balaban J connectivity index is 2.08. The number of hydrogen-bond donors (Lipinski definition) is 1. The molecule has 92 valence electrons. The lowest BCUT2D eigenvalue weighted by Crippen LogP contribution is -2.26. The minimum Gasteiger partial charge on any atom is -0.312 e. The van der Waals surface area contributed by atoms with Gasteiger partial charge in [0.25, 0.3) is 0 Å². The lowest BCUT2D eigenvalue weighted by molar-refractivity contribution is 0.621. The molecule has 1 aliphatic rings. The van der Waals surface area contributed by atoms with Gasteiger partial charge in [-0.05, 0) is 31.2 Å². The minimum absolute atomic E-state index is 0.238.